The fourth-order valence-corrected chi connectivity index (χ4v) is 6.53. The lowest BCUT2D eigenvalue weighted by Crippen LogP contribution is -1.98. The van der Waals surface area contributed by atoms with Crippen molar-refractivity contribution in [3.05, 3.63) is 158 Å². The molecule has 0 amide bonds. The largest absolute Gasteiger partial charge is 0.455 e. The van der Waals surface area contributed by atoms with Crippen LogP contribution in [0.4, 0.5) is 0 Å². The number of fused-ring (bicyclic) bond motifs is 5. The molecule has 0 spiro atoms. The molecule has 206 valence electrons. The van der Waals surface area contributed by atoms with Gasteiger partial charge in [-0.3, -0.25) is 4.57 Å². The van der Waals surface area contributed by atoms with Gasteiger partial charge in [-0.05, 0) is 63.9 Å². The minimum absolute atomic E-state index is 0.900. The van der Waals surface area contributed by atoms with E-state index in [1.54, 1.807) is 0 Å². The second-order valence-electron chi connectivity index (χ2n) is 11.2. The summed E-state index contributed by atoms with van der Waals surface area (Å²) in [6, 6.07) is 55.4. The van der Waals surface area contributed by atoms with Gasteiger partial charge < -0.3 is 4.42 Å². The highest BCUT2D eigenvalue weighted by atomic mass is 16.3. The zero-order chi connectivity index (χ0) is 29.0. The van der Waals surface area contributed by atoms with E-state index in [0.717, 1.165) is 61.2 Å². The molecular weight excluding hydrogens is 536 g/mol. The molecular formula is C41H26N2O. The number of imidazole rings is 1. The van der Waals surface area contributed by atoms with E-state index >= 15 is 0 Å². The molecule has 44 heavy (non-hydrogen) atoms. The summed E-state index contributed by atoms with van der Waals surface area (Å²) in [4.78, 5) is 5.14. The summed E-state index contributed by atoms with van der Waals surface area (Å²) < 4.78 is 8.84. The molecule has 0 saturated carbocycles. The molecule has 0 saturated heterocycles. The molecule has 9 rings (SSSR count). The van der Waals surface area contributed by atoms with Gasteiger partial charge >= 0.3 is 0 Å². The number of hydrogen-bond donors (Lipinski definition) is 0. The Kier molecular flexibility index (Phi) is 5.50. The van der Waals surface area contributed by atoms with Crippen LogP contribution >= 0.6 is 0 Å². The molecule has 7 aromatic carbocycles. The van der Waals surface area contributed by atoms with Crippen LogP contribution in [0.1, 0.15) is 0 Å². The molecule has 3 heteroatoms. The predicted molar refractivity (Wildman–Crippen MR) is 182 cm³/mol. The van der Waals surface area contributed by atoms with Crippen LogP contribution in [0.25, 0.3) is 83.1 Å². The number of aromatic nitrogens is 2. The smallest absolute Gasteiger partial charge is 0.145 e. The van der Waals surface area contributed by atoms with Gasteiger partial charge in [0.1, 0.15) is 17.0 Å². The molecule has 9 aromatic rings. The molecule has 2 aromatic heterocycles. The van der Waals surface area contributed by atoms with Crippen molar-refractivity contribution in [2.75, 3.05) is 0 Å². The Bertz CT molecular complexity index is 2480. The van der Waals surface area contributed by atoms with Crippen LogP contribution in [-0.2, 0) is 0 Å². The second-order valence-corrected chi connectivity index (χ2v) is 11.2. The summed E-state index contributed by atoms with van der Waals surface area (Å²) in [6.45, 7) is 0. The van der Waals surface area contributed by atoms with E-state index in [4.69, 9.17) is 9.40 Å². The molecule has 0 bridgehead atoms. The van der Waals surface area contributed by atoms with E-state index in [1.165, 1.54) is 21.9 Å². The Morgan fingerprint density at radius 1 is 0.477 bits per heavy atom. The molecule has 2 heterocycles. The van der Waals surface area contributed by atoms with Crippen molar-refractivity contribution in [3.8, 4) is 39.3 Å². The number of nitrogens with zero attached hydrogens (tertiary/aromatic N) is 2. The molecule has 0 N–H and O–H groups in total. The SMILES string of the molecule is c1ccc(-c2ccc(-c3nc4ccccc4n3-c3cccc(-c4c5ccccc5cc5c4oc4ccccc45)c3)cc2)cc1. The van der Waals surface area contributed by atoms with Crippen molar-refractivity contribution >= 4 is 43.7 Å². The maximum absolute atomic E-state index is 6.57. The van der Waals surface area contributed by atoms with Crippen LogP contribution in [0.3, 0.4) is 0 Å². The second kappa shape index (κ2) is 9.82. The van der Waals surface area contributed by atoms with Crippen LogP contribution in [0.5, 0.6) is 0 Å². The van der Waals surface area contributed by atoms with Crippen molar-refractivity contribution in [1.29, 1.82) is 0 Å². The standard InChI is InChI=1S/C41H26N2O/c1-2-11-27(12-3-1)28-21-23-29(24-22-28)41-42-36-18-7-8-19-37(36)43(41)32-15-10-14-31(25-32)39-33-16-5-4-13-30(33)26-35-34-17-6-9-20-38(34)44-40(35)39/h1-26H. The van der Waals surface area contributed by atoms with Gasteiger partial charge in [0.05, 0.1) is 11.0 Å². The maximum Gasteiger partial charge on any atom is 0.145 e. The lowest BCUT2D eigenvalue weighted by Gasteiger charge is -2.13. The quantitative estimate of drug-likeness (QED) is 0.214. The first-order valence-corrected chi connectivity index (χ1v) is 14.9. The topological polar surface area (TPSA) is 31.0 Å². The third-order valence-electron chi connectivity index (χ3n) is 8.59. The lowest BCUT2D eigenvalue weighted by atomic mass is 9.95. The number of para-hydroxylation sites is 3. The molecule has 0 fully saturated rings. The van der Waals surface area contributed by atoms with Crippen LogP contribution in [-0.4, -0.2) is 9.55 Å². The zero-order valence-electron chi connectivity index (χ0n) is 23.8. The van der Waals surface area contributed by atoms with Gasteiger partial charge in [0.25, 0.3) is 0 Å². The first kappa shape index (κ1) is 24.6. The third kappa shape index (κ3) is 3.87. The summed E-state index contributed by atoms with van der Waals surface area (Å²) in [6.07, 6.45) is 0. The molecule has 0 aliphatic rings. The van der Waals surface area contributed by atoms with E-state index < -0.39 is 0 Å². The Morgan fingerprint density at radius 3 is 2.05 bits per heavy atom. The number of rotatable bonds is 4. The van der Waals surface area contributed by atoms with E-state index in [0.29, 0.717) is 0 Å². The van der Waals surface area contributed by atoms with Crippen molar-refractivity contribution in [2.24, 2.45) is 0 Å². The molecule has 0 unspecified atom stereocenters. The lowest BCUT2D eigenvalue weighted by molar-refractivity contribution is 0.670. The van der Waals surface area contributed by atoms with Gasteiger partial charge in [-0.25, -0.2) is 4.98 Å². The summed E-state index contributed by atoms with van der Waals surface area (Å²) in [7, 11) is 0. The van der Waals surface area contributed by atoms with Gasteiger partial charge in [-0.15, -0.1) is 0 Å². The van der Waals surface area contributed by atoms with Crippen LogP contribution in [0, 0.1) is 0 Å². The summed E-state index contributed by atoms with van der Waals surface area (Å²) in [5, 5.41) is 4.63. The Morgan fingerprint density at radius 2 is 1.16 bits per heavy atom. The van der Waals surface area contributed by atoms with Crippen LogP contribution in [0.15, 0.2) is 162 Å². The Labute approximate surface area is 254 Å². The van der Waals surface area contributed by atoms with Crippen molar-refractivity contribution in [1.82, 2.24) is 9.55 Å². The molecule has 0 radical (unpaired) electrons. The fraction of sp³-hybridized carbons (Fsp3) is 0. The molecule has 0 aliphatic heterocycles. The minimum Gasteiger partial charge on any atom is -0.455 e. The van der Waals surface area contributed by atoms with E-state index in [2.05, 4.69) is 138 Å². The predicted octanol–water partition coefficient (Wildman–Crippen LogP) is 11.1. The van der Waals surface area contributed by atoms with Gasteiger partial charge in [0.2, 0.25) is 0 Å². The average Bonchev–Trinajstić information content (AvgIpc) is 3.66. The monoisotopic (exact) mass is 562 g/mol. The molecule has 0 aliphatic carbocycles. The van der Waals surface area contributed by atoms with Crippen molar-refractivity contribution in [3.63, 3.8) is 0 Å². The third-order valence-corrected chi connectivity index (χ3v) is 8.59. The van der Waals surface area contributed by atoms with Gasteiger partial charge in [-0.2, -0.15) is 0 Å². The van der Waals surface area contributed by atoms with Crippen LogP contribution in [0.2, 0.25) is 0 Å². The zero-order valence-corrected chi connectivity index (χ0v) is 23.8. The van der Waals surface area contributed by atoms with E-state index in [9.17, 15) is 0 Å². The highest BCUT2D eigenvalue weighted by Crippen LogP contribution is 2.42. The fourth-order valence-electron chi connectivity index (χ4n) is 6.53. The summed E-state index contributed by atoms with van der Waals surface area (Å²) >= 11 is 0. The molecule has 3 nitrogen and oxygen atoms in total. The van der Waals surface area contributed by atoms with Gasteiger partial charge in [0.15, 0.2) is 0 Å². The number of benzene rings is 7. The average molecular weight is 563 g/mol. The van der Waals surface area contributed by atoms with Crippen LogP contribution < -0.4 is 0 Å². The summed E-state index contributed by atoms with van der Waals surface area (Å²) in [5.41, 5.74) is 10.6. The van der Waals surface area contributed by atoms with Gasteiger partial charge in [-0.1, -0.05) is 121 Å². The number of hydrogen-bond acceptors (Lipinski definition) is 2. The highest BCUT2D eigenvalue weighted by Gasteiger charge is 2.19. The van der Waals surface area contributed by atoms with Gasteiger partial charge in [0, 0.05) is 27.6 Å². The first-order chi connectivity index (χ1) is 21.8. The Balaban J connectivity index is 1.26. The van der Waals surface area contributed by atoms with E-state index in [1.807, 2.05) is 24.3 Å². The van der Waals surface area contributed by atoms with E-state index in [-0.39, 0.29) is 0 Å². The number of furan rings is 1. The van der Waals surface area contributed by atoms with Crippen molar-refractivity contribution in [2.45, 2.75) is 0 Å². The minimum atomic E-state index is 0.900. The maximum atomic E-state index is 6.57. The Hall–Kier alpha value is -5.93. The first-order valence-electron chi connectivity index (χ1n) is 14.9. The normalized spacial score (nSPS) is 11.6. The highest BCUT2D eigenvalue weighted by molar-refractivity contribution is 6.18. The molecule has 0 atom stereocenters. The van der Waals surface area contributed by atoms with Crippen molar-refractivity contribution < 1.29 is 4.42 Å². The summed E-state index contributed by atoms with van der Waals surface area (Å²) in [5.74, 6) is 0.912.